The number of carbonyl (C=O) groups excluding carboxylic acids is 1. The lowest BCUT2D eigenvalue weighted by atomic mass is 9.97. The molecule has 3 aromatic heterocycles. The minimum atomic E-state index is -0.121. The van der Waals surface area contributed by atoms with Crippen LogP contribution in [0.4, 0.5) is 5.69 Å². The standard InChI is InChI=1S/C23H25N5O2S2/c1-13(2)20-25-22-19(14-8-4-7-11-17(14)32-22)21-26-27-23(28(20)21)31-12-18(29)24-15-9-5-6-10-16(15)30-3/h5-6,9-10,13H,4,7-8,11-12H2,1-3H3,(H,24,29). The van der Waals surface area contributed by atoms with Crippen molar-refractivity contribution >= 4 is 50.6 Å². The summed E-state index contributed by atoms with van der Waals surface area (Å²) < 4.78 is 7.37. The molecular formula is C23H25N5O2S2. The summed E-state index contributed by atoms with van der Waals surface area (Å²) in [6.07, 6.45) is 4.64. The summed E-state index contributed by atoms with van der Waals surface area (Å²) in [5.41, 5.74) is 2.91. The van der Waals surface area contributed by atoms with Gasteiger partial charge in [0.2, 0.25) is 5.91 Å². The first-order chi connectivity index (χ1) is 15.6. The highest BCUT2D eigenvalue weighted by molar-refractivity contribution is 7.99. The summed E-state index contributed by atoms with van der Waals surface area (Å²) in [5.74, 6) is 1.87. The first-order valence-electron chi connectivity index (χ1n) is 10.8. The molecule has 0 saturated carbocycles. The van der Waals surface area contributed by atoms with E-state index >= 15 is 0 Å². The van der Waals surface area contributed by atoms with Gasteiger partial charge in [-0.15, -0.1) is 21.5 Å². The van der Waals surface area contributed by atoms with Gasteiger partial charge in [-0.3, -0.25) is 9.20 Å². The summed E-state index contributed by atoms with van der Waals surface area (Å²) in [4.78, 5) is 20.2. The van der Waals surface area contributed by atoms with Crippen LogP contribution in [0.15, 0.2) is 29.4 Å². The van der Waals surface area contributed by atoms with E-state index in [1.54, 1.807) is 18.4 Å². The van der Waals surface area contributed by atoms with E-state index in [2.05, 4.69) is 33.8 Å². The molecule has 32 heavy (non-hydrogen) atoms. The molecule has 0 radical (unpaired) electrons. The smallest absolute Gasteiger partial charge is 0.234 e. The molecule has 0 saturated heterocycles. The second-order valence-electron chi connectivity index (χ2n) is 8.19. The van der Waals surface area contributed by atoms with Gasteiger partial charge in [-0.25, -0.2) is 4.98 Å². The predicted octanol–water partition coefficient (Wildman–Crippen LogP) is 5.08. The number of anilines is 1. The fraction of sp³-hybridized carbons (Fsp3) is 0.391. The molecular weight excluding hydrogens is 442 g/mol. The number of nitrogens with one attached hydrogen (secondary N) is 1. The molecule has 0 unspecified atom stereocenters. The number of hydrogen-bond donors (Lipinski definition) is 1. The Morgan fingerprint density at radius 2 is 2.06 bits per heavy atom. The highest BCUT2D eigenvalue weighted by Gasteiger charge is 2.24. The molecule has 1 amide bonds. The van der Waals surface area contributed by atoms with Crippen molar-refractivity contribution in [1.29, 1.82) is 0 Å². The maximum Gasteiger partial charge on any atom is 0.234 e. The number of methoxy groups -OCH3 is 1. The fourth-order valence-corrected chi connectivity index (χ4v) is 6.20. The lowest BCUT2D eigenvalue weighted by Crippen LogP contribution is -2.15. The van der Waals surface area contributed by atoms with Gasteiger partial charge in [0.25, 0.3) is 0 Å². The van der Waals surface area contributed by atoms with Gasteiger partial charge in [0.1, 0.15) is 16.4 Å². The normalized spacial score (nSPS) is 13.6. The Morgan fingerprint density at radius 1 is 1.25 bits per heavy atom. The van der Waals surface area contributed by atoms with Crippen LogP contribution in [0.2, 0.25) is 0 Å². The summed E-state index contributed by atoms with van der Waals surface area (Å²) in [5, 5.41) is 13.8. The lowest BCUT2D eigenvalue weighted by Gasteiger charge is -2.12. The van der Waals surface area contributed by atoms with Crippen LogP contribution < -0.4 is 10.1 Å². The molecule has 7 nitrogen and oxygen atoms in total. The van der Waals surface area contributed by atoms with Crippen molar-refractivity contribution in [2.45, 2.75) is 50.6 Å². The number of rotatable bonds is 6. The van der Waals surface area contributed by atoms with Crippen molar-refractivity contribution in [3.63, 3.8) is 0 Å². The van der Waals surface area contributed by atoms with E-state index in [0.29, 0.717) is 16.6 Å². The summed E-state index contributed by atoms with van der Waals surface area (Å²) in [6, 6.07) is 7.38. The van der Waals surface area contributed by atoms with E-state index in [-0.39, 0.29) is 17.6 Å². The number of ether oxygens (including phenoxy) is 1. The van der Waals surface area contributed by atoms with E-state index < -0.39 is 0 Å². The van der Waals surface area contributed by atoms with Crippen molar-refractivity contribution in [2.75, 3.05) is 18.2 Å². The summed E-state index contributed by atoms with van der Waals surface area (Å²) >= 11 is 3.18. The lowest BCUT2D eigenvalue weighted by molar-refractivity contribution is -0.113. The maximum absolute atomic E-state index is 12.6. The van der Waals surface area contributed by atoms with Gasteiger partial charge in [-0.05, 0) is 43.4 Å². The number of aryl methyl sites for hydroxylation is 2. The Labute approximate surface area is 194 Å². The number of aromatic nitrogens is 4. The molecule has 5 rings (SSSR count). The molecule has 166 valence electrons. The highest BCUT2D eigenvalue weighted by atomic mass is 32.2. The number of hydrogen-bond acceptors (Lipinski definition) is 7. The number of thiophene rings is 1. The van der Waals surface area contributed by atoms with Crippen LogP contribution in [-0.4, -0.2) is 38.4 Å². The average Bonchev–Trinajstić information content (AvgIpc) is 3.38. The van der Waals surface area contributed by atoms with Crippen molar-refractivity contribution in [1.82, 2.24) is 19.6 Å². The van der Waals surface area contributed by atoms with Crippen LogP contribution in [0.1, 0.15) is 48.9 Å². The zero-order chi connectivity index (χ0) is 22.2. The summed E-state index contributed by atoms with van der Waals surface area (Å²) in [6.45, 7) is 4.26. The Kier molecular flexibility index (Phi) is 5.77. The van der Waals surface area contributed by atoms with Crippen LogP contribution in [0.25, 0.3) is 15.9 Å². The third-order valence-corrected chi connectivity index (χ3v) is 7.80. The number of amides is 1. The van der Waals surface area contributed by atoms with E-state index in [1.807, 2.05) is 24.3 Å². The van der Waals surface area contributed by atoms with Gasteiger partial charge < -0.3 is 10.1 Å². The quantitative estimate of drug-likeness (QED) is 0.398. The zero-order valence-corrected chi connectivity index (χ0v) is 20.0. The Hall–Kier alpha value is -2.65. The van der Waals surface area contributed by atoms with Gasteiger partial charge in [0.15, 0.2) is 10.8 Å². The second kappa shape index (κ2) is 8.71. The number of thioether (sulfide) groups is 1. The van der Waals surface area contributed by atoms with Crippen LogP contribution in [-0.2, 0) is 17.6 Å². The van der Waals surface area contributed by atoms with E-state index in [4.69, 9.17) is 9.72 Å². The predicted molar refractivity (Wildman–Crippen MR) is 129 cm³/mol. The average molecular weight is 468 g/mol. The minimum Gasteiger partial charge on any atom is -0.495 e. The SMILES string of the molecule is COc1ccccc1NC(=O)CSc1nnc2c3c4c(sc3nc(C(C)C)n12)CCCC4. The number of nitrogens with zero attached hydrogens (tertiary/aromatic N) is 4. The molecule has 1 N–H and O–H groups in total. The Balaban J connectivity index is 1.47. The minimum absolute atomic E-state index is 0.121. The fourth-order valence-electron chi connectivity index (χ4n) is 4.20. The van der Waals surface area contributed by atoms with Gasteiger partial charge in [-0.1, -0.05) is 37.7 Å². The van der Waals surface area contributed by atoms with Crippen LogP contribution in [0.3, 0.4) is 0 Å². The third-order valence-electron chi connectivity index (χ3n) is 5.68. The van der Waals surface area contributed by atoms with Gasteiger partial charge in [0, 0.05) is 10.8 Å². The monoisotopic (exact) mass is 467 g/mol. The largest absolute Gasteiger partial charge is 0.495 e. The molecule has 0 atom stereocenters. The van der Waals surface area contributed by atoms with Gasteiger partial charge in [0.05, 0.1) is 23.9 Å². The van der Waals surface area contributed by atoms with Crippen molar-refractivity contribution < 1.29 is 9.53 Å². The molecule has 3 heterocycles. The van der Waals surface area contributed by atoms with E-state index in [9.17, 15) is 4.79 Å². The van der Waals surface area contributed by atoms with Crippen molar-refractivity contribution in [3.05, 3.63) is 40.5 Å². The van der Waals surface area contributed by atoms with E-state index in [1.165, 1.54) is 35.0 Å². The highest BCUT2D eigenvalue weighted by Crippen LogP contribution is 2.39. The van der Waals surface area contributed by atoms with Gasteiger partial charge >= 0.3 is 0 Å². The first-order valence-corrected chi connectivity index (χ1v) is 12.6. The van der Waals surface area contributed by atoms with Crippen LogP contribution >= 0.6 is 23.1 Å². The molecule has 0 bridgehead atoms. The number of carbonyl (C=O) groups is 1. The van der Waals surface area contributed by atoms with Crippen molar-refractivity contribution in [2.24, 2.45) is 0 Å². The number of para-hydroxylation sites is 2. The maximum atomic E-state index is 12.6. The van der Waals surface area contributed by atoms with E-state index in [0.717, 1.165) is 34.5 Å². The zero-order valence-electron chi connectivity index (χ0n) is 18.3. The number of fused-ring (bicyclic) bond motifs is 5. The number of benzene rings is 1. The molecule has 1 aromatic carbocycles. The molecule has 0 aliphatic heterocycles. The van der Waals surface area contributed by atoms with Crippen molar-refractivity contribution in [3.8, 4) is 5.75 Å². The molecule has 9 heteroatoms. The summed E-state index contributed by atoms with van der Waals surface area (Å²) in [7, 11) is 1.59. The van der Waals surface area contributed by atoms with Gasteiger partial charge in [-0.2, -0.15) is 0 Å². The van der Waals surface area contributed by atoms with Crippen LogP contribution in [0.5, 0.6) is 5.75 Å². The molecule has 1 aliphatic carbocycles. The topological polar surface area (TPSA) is 81.4 Å². The second-order valence-corrected chi connectivity index (χ2v) is 10.2. The molecule has 4 aromatic rings. The van der Waals surface area contributed by atoms with Crippen LogP contribution in [0, 0.1) is 0 Å². The molecule has 1 aliphatic rings. The third kappa shape index (κ3) is 3.73. The Bertz CT molecular complexity index is 1310. The Morgan fingerprint density at radius 3 is 2.88 bits per heavy atom. The molecule has 0 fully saturated rings. The first kappa shape index (κ1) is 21.2. The molecule has 0 spiro atoms.